The van der Waals surface area contributed by atoms with Crippen molar-refractivity contribution in [1.29, 1.82) is 0 Å². The highest BCUT2D eigenvalue weighted by atomic mass is 32.2. The van der Waals surface area contributed by atoms with Crippen LogP contribution in [-0.2, 0) is 26.2 Å². The number of ether oxygens (including phenoxy) is 2. The van der Waals surface area contributed by atoms with Crippen LogP contribution in [0.5, 0.6) is 11.5 Å². The number of fused-ring (bicyclic) bond motifs is 1. The number of benzene rings is 2. The first-order chi connectivity index (χ1) is 17.5. The smallest absolute Gasteiger partial charge is 0.244 e. The van der Waals surface area contributed by atoms with Crippen molar-refractivity contribution in [3.05, 3.63) is 53.8 Å². The van der Waals surface area contributed by atoms with Crippen molar-refractivity contribution in [2.45, 2.75) is 52.2 Å². The zero-order valence-corrected chi connectivity index (χ0v) is 22.4. The molecule has 1 aliphatic heterocycles. The Kier molecular flexibility index (Phi) is 9.36. The Balaban J connectivity index is 1.94. The molecule has 2 aromatic rings. The molecule has 2 aromatic carbocycles. The molecule has 1 aliphatic rings. The average molecular weight is 536 g/mol. The summed E-state index contributed by atoms with van der Waals surface area (Å²) in [6.45, 7) is 5.76. The summed E-state index contributed by atoms with van der Waals surface area (Å²) in [7, 11) is -3.89. The van der Waals surface area contributed by atoms with Gasteiger partial charge in [-0.25, -0.2) is 12.8 Å². The number of nitrogens with zero attached hydrogens (tertiary/aromatic N) is 2. The minimum absolute atomic E-state index is 0.00425. The van der Waals surface area contributed by atoms with E-state index in [2.05, 4.69) is 5.32 Å². The Morgan fingerprint density at radius 2 is 1.68 bits per heavy atom. The summed E-state index contributed by atoms with van der Waals surface area (Å²) in [4.78, 5) is 28.2. The van der Waals surface area contributed by atoms with Gasteiger partial charge in [0.25, 0.3) is 0 Å². The second-order valence-electron chi connectivity index (χ2n) is 8.99. The summed E-state index contributed by atoms with van der Waals surface area (Å²) in [5.74, 6) is -0.466. The van der Waals surface area contributed by atoms with Gasteiger partial charge in [0.2, 0.25) is 21.8 Å². The van der Waals surface area contributed by atoms with Gasteiger partial charge in [-0.05, 0) is 49.6 Å². The standard InChI is InChI=1S/C26H34FN3O6S/c1-5-18(3)28-26(32)22(6-2)29(16-19-7-9-20(27)10-8-19)25(31)17-30(37(4,33)34)21-11-12-23-24(15-21)36-14-13-35-23/h7-12,15,18,22H,5-6,13-14,16-17H2,1-4H3,(H,28,32)/t18-,22-/m0/s1. The number of amides is 2. The predicted octanol–water partition coefficient (Wildman–Crippen LogP) is 3.09. The summed E-state index contributed by atoms with van der Waals surface area (Å²) in [5, 5.41) is 2.91. The number of hydrogen-bond acceptors (Lipinski definition) is 6. The van der Waals surface area contributed by atoms with E-state index >= 15 is 0 Å². The van der Waals surface area contributed by atoms with Crippen LogP contribution in [0.15, 0.2) is 42.5 Å². The molecule has 2 amide bonds. The van der Waals surface area contributed by atoms with E-state index < -0.39 is 34.3 Å². The number of carbonyl (C=O) groups excluding carboxylic acids is 2. The van der Waals surface area contributed by atoms with Gasteiger partial charge in [0, 0.05) is 18.7 Å². The molecule has 0 aromatic heterocycles. The van der Waals surface area contributed by atoms with E-state index in [0.717, 1.165) is 10.6 Å². The molecule has 11 heteroatoms. The minimum Gasteiger partial charge on any atom is -0.486 e. The van der Waals surface area contributed by atoms with Gasteiger partial charge in [-0.2, -0.15) is 0 Å². The van der Waals surface area contributed by atoms with E-state index in [1.54, 1.807) is 19.1 Å². The van der Waals surface area contributed by atoms with E-state index in [-0.39, 0.29) is 24.2 Å². The molecule has 1 heterocycles. The molecule has 0 saturated heterocycles. The van der Waals surface area contributed by atoms with Crippen LogP contribution in [0.25, 0.3) is 0 Å². The van der Waals surface area contributed by atoms with Crippen molar-refractivity contribution in [2.75, 3.05) is 30.3 Å². The fourth-order valence-electron chi connectivity index (χ4n) is 3.95. The van der Waals surface area contributed by atoms with Crippen molar-refractivity contribution in [3.8, 4) is 11.5 Å². The van der Waals surface area contributed by atoms with Crippen molar-refractivity contribution >= 4 is 27.5 Å². The van der Waals surface area contributed by atoms with Gasteiger partial charge in [-0.1, -0.05) is 26.0 Å². The maximum Gasteiger partial charge on any atom is 0.244 e. The zero-order valence-electron chi connectivity index (χ0n) is 21.6. The molecule has 202 valence electrons. The average Bonchev–Trinajstić information content (AvgIpc) is 2.87. The highest BCUT2D eigenvalue weighted by Gasteiger charge is 2.32. The van der Waals surface area contributed by atoms with Gasteiger partial charge < -0.3 is 19.7 Å². The molecule has 9 nitrogen and oxygen atoms in total. The lowest BCUT2D eigenvalue weighted by atomic mass is 10.1. The molecule has 0 unspecified atom stereocenters. The SMILES string of the molecule is CC[C@H](C)NC(=O)[C@H](CC)N(Cc1ccc(F)cc1)C(=O)CN(c1ccc2c(c1)OCCO2)S(C)(=O)=O. The molecule has 0 aliphatic carbocycles. The van der Waals surface area contributed by atoms with Crippen LogP contribution < -0.4 is 19.1 Å². The van der Waals surface area contributed by atoms with Crippen LogP contribution in [0.1, 0.15) is 39.2 Å². The number of nitrogens with one attached hydrogen (secondary N) is 1. The normalized spacial score (nSPS) is 14.4. The number of hydrogen-bond donors (Lipinski definition) is 1. The summed E-state index contributed by atoms with van der Waals surface area (Å²) in [5.41, 5.74) is 0.841. The zero-order chi connectivity index (χ0) is 27.2. The Labute approximate surface area is 217 Å². The van der Waals surface area contributed by atoms with Crippen LogP contribution in [0, 0.1) is 5.82 Å². The van der Waals surface area contributed by atoms with Crippen molar-refractivity contribution in [2.24, 2.45) is 0 Å². The molecule has 0 radical (unpaired) electrons. The largest absolute Gasteiger partial charge is 0.486 e. The third kappa shape index (κ3) is 7.34. The molecular formula is C26H34FN3O6S. The van der Waals surface area contributed by atoms with E-state index in [4.69, 9.17) is 9.47 Å². The van der Waals surface area contributed by atoms with Crippen LogP contribution in [0.2, 0.25) is 0 Å². The molecular weight excluding hydrogens is 501 g/mol. The van der Waals surface area contributed by atoms with Gasteiger partial charge in [-0.3, -0.25) is 13.9 Å². The molecule has 0 saturated carbocycles. The Morgan fingerprint density at radius 1 is 1.03 bits per heavy atom. The third-order valence-electron chi connectivity index (χ3n) is 6.15. The minimum atomic E-state index is -3.89. The number of rotatable bonds is 11. The third-order valence-corrected chi connectivity index (χ3v) is 7.29. The lowest BCUT2D eigenvalue weighted by molar-refractivity contribution is -0.140. The van der Waals surface area contributed by atoms with Gasteiger partial charge in [0.1, 0.15) is 31.6 Å². The fourth-order valence-corrected chi connectivity index (χ4v) is 4.79. The molecule has 0 fully saturated rings. The van der Waals surface area contributed by atoms with Crippen LogP contribution in [-0.4, -0.2) is 63.2 Å². The van der Waals surface area contributed by atoms with Gasteiger partial charge in [0.05, 0.1) is 11.9 Å². The topological polar surface area (TPSA) is 105 Å². The summed E-state index contributed by atoms with van der Waals surface area (Å²) in [6, 6.07) is 9.30. The summed E-state index contributed by atoms with van der Waals surface area (Å²) < 4.78 is 51.1. The van der Waals surface area contributed by atoms with Crippen molar-refractivity contribution in [3.63, 3.8) is 0 Å². The lowest BCUT2D eigenvalue weighted by Crippen LogP contribution is -2.53. The van der Waals surface area contributed by atoms with E-state index in [1.165, 1.54) is 35.2 Å². The van der Waals surface area contributed by atoms with E-state index in [1.807, 2.05) is 13.8 Å². The van der Waals surface area contributed by atoms with Crippen molar-refractivity contribution in [1.82, 2.24) is 10.2 Å². The molecule has 1 N–H and O–H groups in total. The van der Waals surface area contributed by atoms with Crippen LogP contribution in [0.3, 0.4) is 0 Å². The first-order valence-corrected chi connectivity index (χ1v) is 14.1. The lowest BCUT2D eigenvalue weighted by Gasteiger charge is -2.33. The van der Waals surface area contributed by atoms with E-state index in [0.29, 0.717) is 43.1 Å². The predicted molar refractivity (Wildman–Crippen MR) is 139 cm³/mol. The first kappa shape index (κ1) is 28.2. The first-order valence-electron chi connectivity index (χ1n) is 12.2. The quantitative estimate of drug-likeness (QED) is 0.474. The summed E-state index contributed by atoms with van der Waals surface area (Å²) >= 11 is 0. The molecule has 3 rings (SSSR count). The maximum atomic E-state index is 13.7. The van der Waals surface area contributed by atoms with Crippen LogP contribution >= 0.6 is 0 Å². The number of sulfonamides is 1. The highest BCUT2D eigenvalue weighted by molar-refractivity contribution is 7.92. The maximum absolute atomic E-state index is 13.7. The van der Waals surface area contributed by atoms with E-state index in [9.17, 15) is 22.4 Å². The molecule has 2 atom stereocenters. The Bertz CT molecular complexity index is 1210. The number of halogens is 1. The van der Waals surface area contributed by atoms with Gasteiger partial charge in [0.15, 0.2) is 11.5 Å². The Morgan fingerprint density at radius 3 is 2.27 bits per heavy atom. The monoisotopic (exact) mass is 535 g/mol. The summed E-state index contributed by atoms with van der Waals surface area (Å²) in [6.07, 6.45) is 2.02. The van der Waals surface area contributed by atoms with Crippen LogP contribution in [0.4, 0.5) is 10.1 Å². The second-order valence-corrected chi connectivity index (χ2v) is 10.9. The van der Waals surface area contributed by atoms with Gasteiger partial charge >= 0.3 is 0 Å². The molecule has 0 bridgehead atoms. The Hall–Kier alpha value is -3.34. The van der Waals surface area contributed by atoms with Gasteiger partial charge in [-0.15, -0.1) is 0 Å². The fraction of sp³-hybridized carbons (Fsp3) is 0.462. The molecule has 37 heavy (non-hydrogen) atoms. The number of anilines is 1. The highest BCUT2D eigenvalue weighted by Crippen LogP contribution is 2.34. The number of carbonyl (C=O) groups is 2. The molecule has 0 spiro atoms. The van der Waals surface area contributed by atoms with Crippen molar-refractivity contribution < 1.29 is 31.9 Å². The second kappa shape index (κ2) is 12.3.